The first kappa shape index (κ1) is 8.62. The Balaban J connectivity index is 2.49. The van der Waals surface area contributed by atoms with E-state index in [2.05, 4.69) is 15.0 Å². The van der Waals surface area contributed by atoms with Crippen molar-refractivity contribution < 1.29 is 0 Å². The molecular weight excluding hydrogens is 176 g/mol. The Morgan fingerprint density at radius 1 is 1.07 bits per heavy atom. The molecule has 0 atom stereocenters. The summed E-state index contributed by atoms with van der Waals surface area (Å²) in [5.41, 5.74) is 8.32. The maximum absolute atomic E-state index is 5.54. The van der Waals surface area contributed by atoms with Crippen LogP contribution in [0.2, 0.25) is 0 Å². The normalized spacial score (nSPS) is 10.1. The van der Waals surface area contributed by atoms with E-state index < -0.39 is 0 Å². The number of aromatic nitrogens is 3. The fourth-order valence-corrected chi connectivity index (χ4v) is 1.22. The van der Waals surface area contributed by atoms with E-state index in [9.17, 15) is 0 Å². The van der Waals surface area contributed by atoms with Gasteiger partial charge in [-0.15, -0.1) is 0 Å². The van der Waals surface area contributed by atoms with Crippen LogP contribution in [0.3, 0.4) is 0 Å². The van der Waals surface area contributed by atoms with E-state index >= 15 is 0 Å². The minimum absolute atomic E-state index is 0.420. The van der Waals surface area contributed by atoms with Crippen LogP contribution in [0.5, 0.6) is 0 Å². The van der Waals surface area contributed by atoms with Gasteiger partial charge in [0.25, 0.3) is 0 Å². The van der Waals surface area contributed by atoms with Crippen molar-refractivity contribution in [2.24, 2.45) is 0 Å². The molecule has 0 radical (unpaired) electrons. The van der Waals surface area contributed by atoms with Crippen molar-refractivity contribution in [2.75, 3.05) is 5.73 Å². The lowest BCUT2D eigenvalue weighted by Gasteiger charge is -2.01. The van der Waals surface area contributed by atoms with Gasteiger partial charge in [0, 0.05) is 18.0 Å². The number of nitrogens with two attached hydrogens (primary N) is 1. The molecule has 0 unspecified atom stereocenters. The minimum Gasteiger partial charge on any atom is -0.382 e. The molecule has 0 aliphatic heterocycles. The third kappa shape index (κ3) is 1.69. The van der Waals surface area contributed by atoms with Crippen molar-refractivity contribution in [1.82, 2.24) is 15.0 Å². The Kier molecular flexibility index (Phi) is 2.10. The number of rotatable bonds is 1. The molecule has 0 aliphatic carbocycles. The standard InChI is InChI=1S/C10H10N4/c1-7-2-8(4-12-3-7)9-5-13-6-10(11)14-9/h2-6H,1H3,(H2,11,14). The van der Waals surface area contributed by atoms with Crippen LogP contribution < -0.4 is 5.73 Å². The van der Waals surface area contributed by atoms with Gasteiger partial charge in [0.05, 0.1) is 18.1 Å². The van der Waals surface area contributed by atoms with Gasteiger partial charge in [0.15, 0.2) is 0 Å². The Bertz CT molecular complexity index is 410. The maximum atomic E-state index is 5.54. The van der Waals surface area contributed by atoms with Crippen molar-refractivity contribution in [2.45, 2.75) is 6.92 Å². The van der Waals surface area contributed by atoms with Gasteiger partial charge in [-0.25, -0.2) is 4.98 Å². The first-order valence-corrected chi connectivity index (χ1v) is 4.25. The lowest BCUT2D eigenvalue weighted by atomic mass is 10.2. The largest absolute Gasteiger partial charge is 0.382 e. The second kappa shape index (κ2) is 3.41. The topological polar surface area (TPSA) is 64.7 Å². The molecule has 4 heteroatoms. The third-order valence-corrected chi connectivity index (χ3v) is 1.82. The van der Waals surface area contributed by atoms with Crippen molar-refractivity contribution in [3.8, 4) is 11.3 Å². The fraction of sp³-hybridized carbons (Fsp3) is 0.100. The van der Waals surface area contributed by atoms with E-state index in [-0.39, 0.29) is 0 Å². The summed E-state index contributed by atoms with van der Waals surface area (Å²) in [6.07, 6.45) is 6.74. The predicted molar refractivity (Wildman–Crippen MR) is 54.4 cm³/mol. The fourth-order valence-electron chi connectivity index (χ4n) is 1.22. The van der Waals surface area contributed by atoms with Gasteiger partial charge >= 0.3 is 0 Å². The minimum atomic E-state index is 0.420. The van der Waals surface area contributed by atoms with Crippen LogP contribution in [0.25, 0.3) is 11.3 Å². The molecule has 2 N–H and O–H groups in total. The molecule has 70 valence electrons. The van der Waals surface area contributed by atoms with E-state index in [1.807, 2.05) is 13.0 Å². The summed E-state index contributed by atoms with van der Waals surface area (Å²) < 4.78 is 0. The quantitative estimate of drug-likeness (QED) is 0.731. The zero-order valence-corrected chi connectivity index (χ0v) is 7.81. The van der Waals surface area contributed by atoms with Crippen LogP contribution in [0.15, 0.2) is 30.9 Å². The molecule has 0 amide bonds. The number of nitrogen functional groups attached to an aromatic ring is 1. The summed E-state index contributed by atoms with van der Waals surface area (Å²) in [5, 5.41) is 0. The number of aryl methyl sites for hydroxylation is 1. The van der Waals surface area contributed by atoms with Crippen LogP contribution in [0, 0.1) is 6.92 Å². The highest BCUT2D eigenvalue weighted by Crippen LogP contribution is 2.16. The third-order valence-electron chi connectivity index (χ3n) is 1.82. The molecule has 14 heavy (non-hydrogen) atoms. The Morgan fingerprint density at radius 3 is 2.57 bits per heavy atom. The summed E-state index contributed by atoms with van der Waals surface area (Å²) in [5.74, 6) is 0.420. The number of nitrogens with zero attached hydrogens (tertiary/aromatic N) is 3. The second-order valence-electron chi connectivity index (χ2n) is 3.08. The summed E-state index contributed by atoms with van der Waals surface area (Å²) in [6.45, 7) is 1.98. The first-order chi connectivity index (χ1) is 6.75. The molecule has 0 saturated heterocycles. The molecule has 2 aromatic heterocycles. The molecule has 2 rings (SSSR count). The van der Waals surface area contributed by atoms with Crippen LogP contribution in [0.4, 0.5) is 5.82 Å². The van der Waals surface area contributed by atoms with Crippen LogP contribution in [-0.2, 0) is 0 Å². The predicted octanol–water partition coefficient (Wildman–Crippen LogP) is 1.43. The number of pyridine rings is 1. The first-order valence-electron chi connectivity index (χ1n) is 4.25. The summed E-state index contributed by atoms with van der Waals surface area (Å²) in [6, 6.07) is 2.00. The second-order valence-corrected chi connectivity index (χ2v) is 3.08. The van der Waals surface area contributed by atoms with Crippen LogP contribution in [-0.4, -0.2) is 15.0 Å². The average molecular weight is 186 g/mol. The van der Waals surface area contributed by atoms with Gasteiger partial charge in [-0.1, -0.05) is 0 Å². The van der Waals surface area contributed by atoms with Gasteiger partial charge in [-0.2, -0.15) is 0 Å². The maximum Gasteiger partial charge on any atom is 0.142 e. The molecule has 0 spiro atoms. The van der Waals surface area contributed by atoms with E-state index in [4.69, 9.17) is 5.73 Å². The Hall–Kier alpha value is -1.97. The summed E-state index contributed by atoms with van der Waals surface area (Å²) in [7, 11) is 0. The van der Waals surface area contributed by atoms with E-state index in [1.54, 1.807) is 18.6 Å². The van der Waals surface area contributed by atoms with Crippen molar-refractivity contribution >= 4 is 5.82 Å². The molecule has 0 saturated carbocycles. The summed E-state index contributed by atoms with van der Waals surface area (Å²) in [4.78, 5) is 12.2. The van der Waals surface area contributed by atoms with Gasteiger partial charge in [0.2, 0.25) is 0 Å². The van der Waals surface area contributed by atoms with Crippen LogP contribution >= 0.6 is 0 Å². The molecule has 4 nitrogen and oxygen atoms in total. The molecular formula is C10H10N4. The number of hydrogen-bond donors (Lipinski definition) is 1. The Morgan fingerprint density at radius 2 is 1.86 bits per heavy atom. The SMILES string of the molecule is Cc1cncc(-c2cncc(N)n2)c1. The van der Waals surface area contributed by atoms with Gasteiger partial charge in [0.1, 0.15) is 5.82 Å². The van der Waals surface area contributed by atoms with Crippen molar-refractivity contribution in [3.63, 3.8) is 0 Å². The zero-order valence-electron chi connectivity index (χ0n) is 7.81. The number of hydrogen-bond acceptors (Lipinski definition) is 4. The van der Waals surface area contributed by atoms with Crippen LogP contribution in [0.1, 0.15) is 5.56 Å². The smallest absolute Gasteiger partial charge is 0.142 e. The number of anilines is 1. The van der Waals surface area contributed by atoms with Crippen molar-refractivity contribution in [3.05, 3.63) is 36.4 Å². The molecule has 0 aliphatic rings. The zero-order chi connectivity index (χ0) is 9.97. The van der Waals surface area contributed by atoms with E-state index in [1.165, 1.54) is 6.20 Å². The molecule has 0 fully saturated rings. The average Bonchev–Trinajstić information content (AvgIpc) is 2.18. The van der Waals surface area contributed by atoms with E-state index in [0.29, 0.717) is 5.82 Å². The lowest BCUT2D eigenvalue weighted by Crippen LogP contribution is -1.94. The van der Waals surface area contributed by atoms with Gasteiger partial charge in [-0.05, 0) is 18.6 Å². The molecule has 2 aromatic rings. The molecule has 0 aromatic carbocycles. The molecule has 2 heterocycles. The highest BCUT2D eigenvalue weighted by Gasteiger charge is 2.00. The van der Waals surface area contributed by atoms with Gasteiger partial charge < -0.3 is 5.73 Å². The summed E-state index contributed by atoms with van der Waals surface area (Å²) >= 11 is 0. The highest BCUT2D eigenvalue weighted by molar-refractivity contribution is 5.58. The lowest BCUT2D eigenvalue weighted by molar-refractivity contribution is 1.19. The Labute approximate surface area is 81.9 Å². The monoisotopic (exact) mass is 186 g/mol. The van der Waals surface area contributed by atoms with Gasteiger partial charge in [-0.3, -0.25) is 9.97 Å². The van der Waals surface area contributed by atoms with E-state index in [0.717, 1.165) is 16.8 Å². The molecule has 0 bridgehead atoms. The highest BCUT2D eigenvalue weighted by atomic mass is 14.9. The van der Waals surface area contributed by atoms with Crippen molar-refractivity contribution in [1.29, 1.82) is 0 Å².